The minimum Gasteiger partial charge on any atom is -0.444 e. The monoisotopic (exact) mass is 266 g/mol. The maximum absolute atomic E-state index is 12.3. The van der Waals surface area contributed by atoms with Crippen molar-refractivity contribution < 1.29 is 14.3 Å². The Labute approximate surface area is 113 Å². The largest absolute Gasteiger partial charge is 0.444 e. The van der Waals surface area contributed by atoms with Crippen molar-refractivity contribution in [3.63, 3.8) is 0 Å². The van der Waals surface area contributed by atoms with E-state index in [2.05, 4.69) is 5.32 Å². The van der Waals surface area contributed by atoms with Crippen molar-refractivity contribution in [1.82, 2.24) is 10.2 Å². The number of likely N-dealkylation sites (tertiary alicyclic amines) is 1. The molecule has 0 aromatic rings. The fourth-order valence-corrected chi connectivity index (χ4v) is 3.68. The zero-order chi connectivity index (χ0) is 13.8. The van der Waals surface area contributed by atoms with Gasteiger partial charge in [0.2, 0.25) is 5.91 Å². The summed E-state index contributed by atoms with van der Waals surface area (Å²) in [4.78, 5) is 26.2. The number of carbonyl (C=O) groups excluding carboxylic acids is 2. The first-order valence-electron chi connectivity index (χ1n) is 7.14. The summed E-state index contributed by atoms with van der Waals surface area (Å²) >= 11 is 0. The number of fused-ring (bicyclic) bond motifs is 2. The van der Waals surface area contributed by atoms with Crippen molar-refractivity contribution in [2.24, 2.45) is 5.41 Å². The van der Waals surface area contributed by atoms with Crippen LogP contribution in [-0.2, 0) is 9.53 Å². The zero-order valence-electron chi connectivity index (χ0n) is 11.9. The Morgan fingerprint density at radius 3 is 2.63 bits per heavy atom. The molecule has 1 spiro atoms. The Balaban J connectivity index is 1.81. The molecule has 3 aliphatic rings. The van der Waals surface area contributed by atoms with E-state index in [4.69, 9.17) is 4.74 Å². The van der Waals surface area contributed by atoms with Gasteiger partial charge in [-0.1, -0.05) is 6.42 Å². The number of carbonyl (C=O) groups is 2. The fraction of sp³-hybridized carbons (Fsp3) is 0.857. The van der Waals surface area contributed by atoms with E-state index >= 15 is 0 Å². The number of amides is 2. The van der Waals surface area contributed by atoms with Gasteiger partial charge in [0, 0.05) is 6.54 Å². The lowest BCUT2D eigenvalue weighted by molar-refractivity contribution is -0.134. The fourth-order valence-electron chi connectivity index (χ4n) is 3.68. The molecule has 5 nitrogen and oxygen atoms in total. The molecule has 1 aliphatic carbocycles. The van der Waals surface area contributed by atoms with Crippen LogP contribution >= 0.6 is 0 Å². The van der Waals surface area contributed by atoms with E-state index in [0.717, 1.165) is 25.7 Å². The Morgan fingerprint density at radius 1 is 1.42 bits per heavy atom. The highest BCUT2D eigenvalue weighted by Gasteiger charge is 2.63. The Bertz CT molecular complexity index is 423. The topological polar surface area (TPSA) is 58.6 Å². The summed E-state index contributed by atoms with van der Waals surface area (Å²) in [5.41, 5.74) is -0.809. The molecule has 2 saturated heterocycles. The maximum Gasteiger partial charge on any atom is 0.410 e. The molecule has 2 heterocycles. The predicted octanol–water partition coefficient (Wildman–Crippen LogP) is 1.66. The summed E-state index contributed by atoms with van der Waals surface area (Å²) in [7, 11) is 0. The smallest absolute Gasteiger partial charge is 0.410 e. The summed E-state index contributed by atoms with van der Waals surface area (Å²) in [5.74, 6) is 0.141. The molecule has 0 radical (unpaired) electrons. The third kappa shape index (κ3) is 1.82. The standard InChI is InChI=1S/C14H22N2O3/c1-13(2,3)19-12(18)16-8-5-9-10(16)14(6-4-7-14)11(17)15-9/h9-10H,4-8H2,1-3H3,(H,15,17)/t9-,10-/m0/s1. The lowest BCUT2D eigenvalue weighted by Gasteiger charge is -2.43. The van der Waals surface area contributed by atoms with E-state index in [0.29, 0.717) is 6.54 Å². The highest BCUT2D eigenvalue weighted by molar-refractivity contribution is 5.89. The number of nitrogens with one attached hydrogen (secondary N) is 1. The molecule has 2 aliphatic heterocycles. The van der Waals surface area contributed by atoms with Crippen molar-refractivity contribution in [1.29, 1.82) is 0 Å². The Kier molecular flexibility index (Phi) is 2.60. The molecule has 0 bridgehead atoms. The van der Waals surface area contributed by atoms with Crippen LogP contribution in [-0.4, -0.2) is 41.1 Å². The van der Waals surface area contributed by atoms with Crippen molar-refractivity contribution in [2.45, 2.75) is 64.1 Å². The summed E-state index contributed by atoms with van der Waals surface area (Å²) in [5, 5.41) is 3.07. The first-order chi connectivity index (χ1) is 8.83. The van der Waals surface area contributed by atoms with E-state index in [1.807, 2.05) is 20.8 Å². The van der Waals surface area contributed by atoms with Gasteiger partial charge < -0.3 is 15.0 Å². The van der Waals surface area contributed by atoms with Gasteiger partial charge in [0.25, 0.3) is 0 Å². The average Bonchev–Trinajstić information content (AvgIpc) is 2.68. The van der Waals surface area contributed by atoms with Gasteiger partial charge in [-0.15, -0.1) is 0 Å². The van der Waals surface area contributed by atoms with Gasteiger partial charge in [-0.25, -0.2) is 4.79 Å². The molecular formula is C14H22N2O3. The van der Waals surface area contributed by atoms with Crippen molar-refractivity contribution in [2.75, 3.05) is 6.54 Å². The highest BCUT2D eigenvalue weighted by Crippen LogP contribution is 2.52. The van der Waals surface area contributed by atoms with Crippen LogP contribution in [0.25, 0.3) is 0 Å². The number of ether oxygens (including phenoxy) is 1. The molecule has 0 unspecified atom stereocenters. The van der Waals surface area contributed by atoms with Crippen LogP contribution < -0.4 is 5.32 Å². The van der Waals surface area contributed by atoms with Gasteiger partial charge >= 0.3 is 6.09 Å². The number of hydrogen-bond acceptors (Lipinski definition) is 3. The van der Waals surface area contributed by atoms with Crippen LogP contribution in [0, 0.1) is 5.41 Å². The minimum absolute atomic E-state index is 0.00333. The lowest BCUT2D eigenvalue weighted by atomic mass is 9.64. The summed E-state index contributed by atoms with van der Waals surface area (Å²) in [6.07, 6.45) is 3.46. The molecule has 2 amide bonds. The van der Waals surface area contributed by atoms with Crippen LogP contribution in [0.2, 0.25) is 0 Å². The van der Waals surface area contributed by atoms with Crippen molar-refractivity contribution in [3.05, 3.63) is 0 Å². The van der Waals surface area contributed by atoms with Crippen molar-refractivity contribution in [3.8, 4) is 0 Å². The Hall–Kier alpha value is -1.26. The second kappa shape index (κ2) is 3.87. The number of nitrogens with zero attached hydrogens (tertiary/aromatic N) is 1. The molecule has 1 N–H and O–H groups in total. The van der Waals surface area contributed by atoms with E-state index in [-0.39, 0.29) is 29.5 Å². The quantitative estimate of drug-likeness (QED) is 0.725. The maximum atomic E-state index is 12.3. The molecular weight excluding hydrogens is 244 g/mol. The van der Waals surface area contributed by atoms with E-state index < -0.39 is 5.60 Å². The van der Waals surface area contributed by atoms with Gasteiger partial charge in [0.1, 0.15) is 5.60 Å². The molecule has 2 atom stereocenters. The van der Waals surface area contributed by atoms with E-state index in [1.54, 1.807) is 4.90 Å². The molecule has 19 heavy (non-hydrogen) atoms. The molecule has 106 valence electrons. The van der Waals surface area contributed by atoms with Crippen LogP contribution in [0.3, 0.4) is 0 Å². The molecule has 3 rings (SSSR count). The SMILES string of the molecule is CC(C)(C)OC(=O)N1CC[C@@H]2NC(=O)C3(CCC3)[C@H]21. The van der Waals surface area contributed by atoms with Gasteiger partial charge in [0.05, 0.1) is 17.5 Å². The summed E-state index contributed by atoms with van der Waals surface area (Å²) in [6, 6.07) is 0.129. The van der Waals surface area contributed by atoms with Gasteiger partial charge in [0.15, 0.2) is 0 Å². The minimum atomic E-state index is -0.488. The van der Waals surface area contributed by atoms with Gasteiger partial charge in [-0.3, -0.25) is 4.79 Å². The second-order valence-electron chi connectivity index (χ2n) is 7.00. The van der Waals surface area contributed by atoms with Gasteiger partial charge in [-0.2, -0.15) is 0 Å². The number of hydrogen-bond donors (Lipinski definition) is 1. The molecule has 0 aromatic heterocycles. The highest BCUT2D eigenvalue weighted by atomic mass is 16.6. The van der Waals surface area contributed by atoms with Gasteiger partial charge in [-0.05, 0) is 40.0 Å². The van der Waals surface area contributed by atoms with Crippen LogP contribution in [0.5, 0.6) is 0 Å². The molecule has 3 fully saturated rings. The van der Waals surface area contributed by atoms with E-state index in [1.165, 1.54) is 0 Å². The van der Waals surface area contributed by atoms with E-state index in [9.17, 15) is 9.59 Å². The molecule has 5 heteroatoms. The number of rotatable bonds is 0. The van der Waals surface area contributed by atoms with Crippen LogP contribution in [0.4, 0.5) is 4.79 Å². The first-order valence-corrected chi connectivity index (χ1v) is 7.14. The third-order valence-corrected chi connectivity index (χ3v) is 4.61. The third-order valence-electron chi connectivity index (χ3n) is 4.61. The summed E-state index contributed by atoms with van der Waals surface area (Å²) < 4.78 is 5.47. The normalized spacial score (nSPS) is 31.9. The Morgan fingerprint density at radius 2 is 2.11 bits per heavy atom. The zero-order valence-corrected chi connectivity index (χ0v) is 11.9. The molecule has 1 saturated carbocycles. The average molecular weight is 266 g/mol. The molecule has 0 aromatic carbocycles. The lowest BCUT2D eigenvalue weighted by Crippen LogP contribution is -2.53. The predicted molar refractivity (Wildman–Crippen MR) is 69.6 cm³/mol. The summed E-state index contributed by atoms with van der Waals surface area (Å²) in [6.45, 7) is 6.30. The van der Waals surface area contributed by atoms with Crippen molar-refractivity contribution >= 4 is 12.0 Å². The van der Waals surface area contributed by atoms with Crippen LogP contribution in [0.15, 0.2) is 0 Å². The first kappa shape index (κ1) is 12.8. The van der Waals surface area contributed by atoms with Crippen LogP contribution in [0.1, 0.15) is 46.5 Å². The second-order valence-corrected chi connectivity index (χ2v) is 7.00.